The van der Waals surface area contributed by atoms with Crippen molar-refractivity contribution in [3.63, 3.8) is 0 Å². The molecule has 0 bridgehead atoms. The fourth-order valence-electron chi connectivity index (χ4n) is 4.05. The van der Waals surface area contributed by atoms with E-state index >= 15 is 0 Å². The van der Waals surface area contributed by atoms with Crippen LogP contribution < -0.4 is 0 Å². The molecule has 0 unspecified atom stereocenters. The molecule has 162 valence electrons. The van der Waals surface area contributed by atoms with Crippen LogP contribution in [-0.4, -0.2) is 67.4 Å². The predicted molar refractivity (Wildman–Crippen MR) is 113 cm³/mol. The highest BCUT2D eigenvalue weighted by molar-refractivity contribution is 5.92. The fraction of sp³-hybridized carbons (Fsp3) is 0.545. The number of likely N-dealkylation sites (N-methyl/N-ethyl adjacent to an activating group) is 1. The van der Waals surface area contributed by atoms with E-state index in [4.69, 9.17) is 0 Å². The van der Waals surface area contributed by atoms with Crippen LogP contribution in [0.5, 0.6) is 5.75 Å². The van der Waals surface area contributed by atoms with Gasteiger partial charge in [-0.15, -0.1) is 5.10 Å². The number of piperidine rings is 1. The average molecular weight is 414 g/mol. The summed E-state index contributed by atoms with van der Waals surface area (Å²) in [5.41, 5.74) is 1.35. The highest BCUT2D eigenvalue weighted by Crippen LogP contribution is 2.24. The predicted octanol–water partition coefficient (Wildman–Crippen LogP) is 2.48. The van der Waals surface area contributed by atoms with Gasteiger partial charge in [0.15, 0.2) is 5.69 Å². The molecule has 30 heavy (non-hydrogen) atoms. The zero-order valence-electron chi connectivity index (χ0n) is 17.8. The first-order chi connectivity index (χ1) is 14.5. The van der Waals surface area contributed by atoms with E-state index in [0.29, 0.717) is 19.6 Å². The molecule has 0 saturated carbocycles. The van der Waals surface area contributed by atoms with E-state index in [1.54, 1.807) is 23.2 Å². The van der Waals surface area contributed by atoms with Crippen LogP contribution in [0.1, 0.15) is 55.6 Å². The molecule has 1 fully saturated rings. The first kappa shape index (κ1) is 21.8. The van der Waals surface area contributed by atoms with Gasteiger partial charge in [0.25, 0.3) is 5.91 Å². The van der Waals surface area contributed by atoms with Crippen LogP contribution in [0.15, 0.2) is 30.5 Å². The summed E-state index contributed by atoms with van der Waals surface area (Å²) in [4.78, 5) is 29.0. The summed E-state index contributed by atoms with van der Waals surface area (Å²) in [5, 5.41) is 17.7. The van der Waals surface area contributed by atoms with Crippen molar-refractivity contribution in [3.05, 3.63) is 41.7 Å². The van der Waals surface area contributed by atoms with E-state index in [9.17, 15) is 14.7 Å². The minimum absolute atomic E-state index is 0.0362. The van der Waals surface area contributed by atoms with E-state index in [1.807, 2.05) is 30.9 Å². The van der Waals surface area contributed by atoms with Gasteiger partial charge >= 0.3 is 0 Å². The minimum atomic E-state index is -0.128. The molecule has 0 aliphatic carbocycles. The summed E-state index contributed by atoms with van der Waals surface area (Å²) in [6, 6.07) is 7.40. The minimum Gasteiger partial charge on any atom is -0.508 e. The largest absolute Gasteiger partial charge is 0.508 e. The van der Waals surface area contributed by atoms with Crippen molar-refractivity contribution < 1.29 is 14.7 Å². The van der Waals surface area contributed by atoms with Crippen molar-refractivity contribution in [2.24, 2.45) is 0 Å². The number of rotatable bonds is 8. The standard InChI is InChI=1S/C22H31N5O3/c1-3-25(4-2)21(29)16-26-15-20(23-24-26)22(30)27-13-6-5-9-18(27)12-11-17-8-7-10-19(28)14-17/h7-8,10,14-15,18,28H,3-6,9,11-13,16H2,1-2H3/t18-/m1/s1. The second-order valence-electron chi connectivity index (χ2n) is 7.72. The maximum Gasteiger partial charge on any atom is 0.276 e. The second kappa shape index (κ2) is 10.2. The van der Waals surface area contributed by atoms with Crippen molar-refractivity contribution in [1.29, 1.82) is 0 Å². The number of carbonyl (C=O) groups is 2. The smallest absolute Gasteiger partial charge is 0.276 e. The van der Waals surface area contributed by atoms with Crippen molar-refractivity contribution in [1.82, 2.24) is 24.8 Å². The number of carbonyl (C=O) groups excluding carboxylic acids is 2. The Morgan fingerprint density at radius 2 is 2.03 bits per heavy atom. The Morgan fingerprint density at radius 3 is 2.77 bits per heavy atom. The molecule has 0 spiro atoms. The number of hydrogen-bond acceptors (Lipinski definition) is 5. The Labute approximate surface area is 177 Å². The Kier molecular flexibility index (Phi) is 7.43. The first-order valence-corrected chi connectivity index (χ1v) is 10.8. The molecule has 1 atom stereocenters. The monoisotopic (exact) mass is 413 g/mol. The number of phenolic OH excluding ortho intramolecular Hbond substituents is 1. The number of aromatic hydroxyl groups is 1. The molecule has 0 radical (unpaired) electrons. The van der Waals surface area contributed by atoms with E-state index in [-0.39, 0.29) is 35.8 Å². The molecule has 1 aromatic heterocycles. The maximum atomic E-state index is 13.1. The molecule has 8 nitrogen and oxygen atoms in total. The molecule has 1 aromatic carbocycles. The van der Waals surface area contributed by atoms with Crippen LogP contribution in [0.2, 0.25) is 0 Å². The first-order valence-electron chi connectivity index (χ1n) is 10.8. The Balaban J connectivity index is 1.63. The number of benzene rings is 1. The van der Waals surface area contributed by atoms with E-state index in [0.717, 1.165) is 37.7 Å². The van der Waals surface area contributed by atoms with Gasteiger partial charge in [0, 0.05) is 25.7 Å². The number of aryl methyl sites for hydroxylation is 1. The number of hydrogen-bond donors (Lipinski definition) is 1. The molecule has 2 amide bonds. The lowest BCUT2D eigenvalue weighted by molar-refractivity contribution is -0.131. The molecule has 1 N–H and O–H groups in total. The average Bonchev–Trinajstić information content (AvgIpc) is 3.21. The molecule has 1 aliphatic heterocycles. The zero-order valence-corrected chi connectivity index (χ0v) is 17.8. The van der Waals surface area contributed by atoms with Gasteiger partial charge in [-0.2, -0.15) is 0 Å². The molecular weight excluding hydrogens is 382 g/mol. The topological polar surface area (TPSA) is 91.6 Å². The molecular formula is C22H31N5O3. The van der Waals surface area contributed by atoms with Crippen LogP contribution in [0, 0.1) is 0 Å². The molecule has 1 saturated heterocycles. The third kappa shape index (κ3) is 5.37. The summed E-state index contributed by atoms with van der Waals surface area (Å²) in [6.07, 6.45) is 6.24. The summed E-state index contributed by atoms with van der Waals surface area (Å²) < 4.78 is 1.44. The van der Waals surface area contributed by atoms with E-state index < -0.39 is 0 Å². The number of nitrogens with zero attached hydrogens (tertiary/aromatic N) is 5. The Bertz CT molecular complexity index is 862. The van der Waals surface area contributed by atoms with Gasteiger partial charge in [-0.1, -0.05) is 17.3 Å². The summed E-state index contributed by atoms with van der Waals surface area (Å²) in [5.74, 6) is 0.1000. The molecule has 2 aromatic rings. The summed E-state index contributed by atoms with van der Waals surface area (Å²) in [6.45, 7) is 5.95. The number of phenols is 1. The molecule has 8 heteroatoms. The van der Waals surface area contributed by atoms with Gasteiger partial charge in [-0.05, 0) is 63.6 Å². The quantitative estimate of drug-likeness (QED) is 0.718. The number of aromatic nitrogens is 3. The van der Waals surface area contributed by atoms with Gasteiger partial charge in [0.1, 0.15) is 12.3 Å². The van der Waals surface area contributed by atoms with Crippen molar-refractivity contribution >= 4 is 11.8 Å². The zero-order chi connectivity index (χ0) is 21.5. The lowest BCUT2D eigenvalue weighted by Crippen LogP contribution is -2.44. The lowest BCUT2D eigenvalue weighted by Gasteiger charge is -2.35. The van der Waals surface area contributed by atoms with Crippen LogP contribution in [-0.2, 0) is 17.8 Å². The Hall–Kier alpha value is -2.90. The second-order valence-corrected chi connectivity index (χ2v) is 7.72. The highest BCUT2D eigenvalue weighted by Gasteiger charge is 2.29. The number of likely N-dealkylation sites (tertiary alicyclic amines) is 1. The third-order valence-corrected chi connectivity index (χ3v) is 5.74. The normalized spacial score (nSPS) is 16.5. The van der Waals surface area contributed by atoms with Gasteiger partial charge in [-0.3, -0.25) is 9.59 Å². The fourth-order valence-corrected chi connectivity index (χ4v) is 4.05. The van der Waals surface area contributed by atoms with E-state index in [1.165, 1.54) is 4.68 Å². The van der Waals surface area contributed by atoms with Gasteiger partial charge in [0.05, 0.1) is 6.20 Å². The SMILES string of the molecule is CCN(CC)C(=O)Cn1cc(C(=O)N2CCCC[C@@H]2CCc2cccc(O)c2)nn1. The molecule has 3 rings (SSSR count). The molecule has 1 aliphatic rings. The maximum absolute atomic E-state index is 13.1. The van der Waals surface area contributed by atoms with Gasteiger partial charge < -0.3 is 14.9 Å². The van der Waals surface area contributed by atoms with Crippen LogP contribution in [0.25, 0.3) is 0 Å². The van der Waals surface area contributed by atoms with Crippen molar-refractivity contribution in [3.8, 4) is 5.75 Å². The highest BCUT2D eigenvalue weighted by atomic mass is 16.3. The van der Waals surface area contributed by atoms with Crippen LogP contribution in [0.3, 0.4) is 0 Å². The molecule has 2 heterocycles. The Morgan fingerprint density at radius 1 is 1.23 bits per heavy atom. The van der Waals surface area contributed by atoms with Crippen LogP contribution in [0.4, 0.5) is 0 Å². The van der Waals surface area contributed by atoms with Crippen molar-refractivity contribution in [2.75, 3.05) is 19.6 Å². The third-order valence-electron chi connectivity index (χ3n) is 5.74. The lowest BCUT2D eigenvalue weighted by atomic mass is 9.95. The van der Waals surface area contributed by atoms with E-state index in [2.05, 4.69) is 10.3 Å². The number of amides is 2. The van der Waals surface area contributed by atoms with Crippen molar-refractivity contribution in [2.45, 2.75) is 58.5 Å². The summed E-state index contributed by atoms with van der Waals surface area (Å²) in [7, 11) is 0. The van der Waals surface area contributed by atoms with Gasteiger partial charge in [-0.25, -0.2) is 4.68 Å². The summed E-state index contributed by atoms with van der Waals surface area (Å²) >= 11 is 0. The van der Waals surface area contributed by atoms with Crippen LogP contribution >= 0.6 is 0 Å². The van der Waals surface area contributed by atoms with Gasteiger partial charge in [0.2, 0.25) is 5.91 Å².